The summed E-state index contributed by atoms with van der Waals surface area (Å²) in [6.07, 6.45) is 3.80. The van der Waals surface area contributed by atoms with E-state index in [0.717, 1.165) is 36.8 Å². The van der Waals surface area contributed by atoms with Gasteiger partial charge in [0.05, 0.1) is 0 Å². The number of hydrogen-bond donors (Lipinski definition) is 2. The molecule has 2 N–H and O–H groups in total. The Balaban J connectivity index is 1.05. The topological polar surface area (TPSA) is 103 Å². The van der Waals surface area contributed by atoms with Crippen molar-refractivity contribution in [2.45, 2.75) is 31.5 Å². The molecule has 36 heavy (non-hydrogen) atoms. The van der Waals surface area contributed by atoms with E-state index in [9.17, 15) is 14.4 Å². The van der Waals surface area contributed by atoms with Gasteiger partial charge in [0.2, 0.25) is 0 Å². The van der Waals surface area contributed by atoms with Crippen molar-refractivity contribution in [1.82, 2.24) is 5.32 Å². The van der Waals surface area contributed by atoms with Gasteiger partial charge in [0.15, 0.2) is 18.1 Å². The number of carbonyl (C=O) groups is 3. The average molecular weight is 487 g/mol. The molecule has 5 rings (SSSR count). The Morgan fingerprint density at radius 3 is 2.28 bits per heavy atom. The van der Waals surface area contributed by atoms with E-state index in [2.05, 4.69) is 10.6 Å². The molecule has 8 heteroatoms. The molecule has 1 fully saturated rings. The lowest BCUT2D eigenvalue weighted by Crippen LogP contribution is -2.34. The second-order valence-corrected chi connectivity index (χ2v) is 8.82. The van der Waals surface area contributed by atoms with Gasteiger partial charge in [-0.25, -0.2) is 0 Å². The first-order chi connectivity index (χ1) is 17.5. The number of anilines is 1. The molecule has 8 nitrogen and oxygen atoms in total. The van der Waals surface area contributed by atoms with Crippen LogP contribution in [-0.2, 0) is 14.3 Å². The van der Waals surface area contributed by atoms with Gasteiger partial charge in [0.25, 0.3) is 17.6 Å². The van der Waals surface area contributed by atoms with Crippen LogP contribution >= 0.6 is 0 Å². The quantitative estimate of drug-likeness (QED) is 0.483. The number of amides is 2. The van der Waals surface area contributed by atoms with E-state index in [1.54, 1.807) is 30.3 Å². The number of ether oxygens (including phenoxy) is 3. The minimum atomic E-state index is -0.715. The maximum absolute atomic E-state index is 12.3. The minimum Gasteiger partial charge on any atom is -0.454 e. The Kier molecular flexibility index (Phi) is 6.58. The summed E-state index contributed by atoms with van der Waals surface area (Å²) in [4.78, 5) is 36.6. The summed E-state index contributed by atoms with van der Waals surface area (Å²) in [5.74, 6) is -0.947. The second-order valence-electron chi connectivity index (χ2n) is 8.82. The van der Waals surface area contributed by atoms with E-state index in [0.29, 0.717) is 22.7 Å². The molecule has 1 aliphatic heterocycles. The first kappa shape index (κ1) is 23.4. The van der Waals surface area contributed by atoms with E-state index in [1.807, 2.05) is 42.5 Å². The lowest BCUT2D eigenvalue weighted by Gasteiger charge is -2.21. The smallest absolute Gasteiger partial charge is 0.325 e. The van der Waals surface area contributed by atoms with Crippen molar-refractivity contribution >= 4 is 23.5 Å². The molecule has 0 radical (unpaired) electrons. The summed E-state index contributed by atoms with van der Waals surface area (Å²) in [6.45, 7) is -0.822. The molecule has 0 aromatic heterocycles. The van der Waals surface area contributed by atoms with Crippen molar-refractivity contribution in [3.05, 3.63) is 78.4 Å². The van der Waals surface area contributed by atoms with Crippen molar-refractivity contribution in [2.75, 3.05) is 18.5 Å². The summed E-state index contributed by atoms with van der Waals surface area (Å²) in [5, 5.41) is 5.18. The molecule has 2 amide bonds. The highest BCUT2D eigenvalue weighted by Gasteiger charge is 2.44. The van der Waals surface area contributed by atoms with Crippen molar-refractivity contribution in [2.24, 2.45) is 0 Å². The van der Waals surface area contributed by atoms with Crippen LogP contribution in [0.25, 0.3) is 11.1 Å². The fourth-order valence-corrected chi connectivity index (χ4v) is 4.38. The predicted octanol–water partition coefficient (Wildman–Crippen LogP) is 4.31. The third-order valence-corrected chi connectivity index (χ3v) is 6.20. The molecule has 0 saturated heterocycles. The molecule has 0 atom stereocenters. The molecule has 184 valence electrons. The zero-order valence-electron chi connectivity index (χ0n) is 19.6. The summed E-state index contributed by atoms with van der Waals surface area (Å²) < 4.78 is 16.9. The summed E-state index contributed by atoms with van der Waals surface area (Å²) >= 11 is 0. The first-order valence-corrected chi connectivity index (χ1v) is 11.9. The third-order valence-electron chi connectivity index (χ3n) is 6.20. The molecule has 1 saturated carbocycles. The Bertz CT molecular complexity index is 1270. The van der Waals surface area contributed by atoms with E-state index in [4.69, 9.17) is 14.2 Å². The third kappa shape index (κ3) is 5.33. The molecular weight excluding hydrogens is 460 g/mol. The molecule has 0 unspecified atom stereocenters. The van der Waals surface area contributed by atoms with Crippen LogP contribution in [0.5, 0.6) is 11.5 Å². The largest absolute Gasteiger partial charge is 0.454 e. The van der Waals surface area contributed by atoms with Gasteiger partial charge in [0.1, 0.15) is 6.54 Å². The van der Waals surface area contributed by atoms with Crippen LogP contribution in [0.3, 0.4) is 0 Å². The van der Waals surface area contributed by atoms with Crippen LogP contribution in [0.15, 0.2) is 72.8 Å². The van der Waals surface area contributed by atoms with E-state index in [-0.39, 0.29) is 6.54 Å². The van der Waals surface area contributed by atoms with Gasteiger partial charge in [0, 0.05) is 30.2 Å². The van der Waals surface area contributed by atoms with Crippen LogP contribution in [0.4, 0.5) is 5.69 Å². The zero-order chi connectivity index (χ0) is 25.0. The number of rotatable bonds is 7. The van der Waals surface area contributed by atoms with Crippen LogP contribution in [0, 0.1) is 0 Å². The molecule has 3 aromatic carbocycles. The maximum atomic E-state index is 12.3. The Morgan fingerprint density at radius 1 is 0.833 bits per heavy atom. The van der Waals surface area contributed by atoms with Crippen molar-refractivity contribution in [3.8, 4) is 22.6 Å². The predicted molar refractivity (Wildman–Crippen MR) is 133 cm³/mol. The molecule has 1 heterocycles. The Labute approximate surface area is 208 Å². The molecule has 1 aliphatic carbocycles. The summed E-state index contributed by atoms with van der Waals surface area (Å²) in [5.41, 5.74) is 2.96. The lowest BCUT2D eigenvalue weighted by atomic mass is 10.0. The fourth-order valence-electron chi connectivity index (χ4n) is 4.38. The monoisotopic (exact) mass is 486 g/mol. The fraction of sp³-hybridized carbons (Fsp3) is 0.250. The van der Waals surface area contributed by atoms with Gasteiger partial charge in [-0.05, 0) is 48.2 Å². The molecule has 2 aliphatic rings. The average Bonchev–Trinajstić information content (AvgIpc) is 3.51. The normalized spacial score (nSPS) is 14.9. The van der Waals surface area contributed by atoms with Crippen LogP contribution in [0.1, 0.15) is 36.0 Å². The number of fused-ring (bicyclic) bond motifs is 1. The van der Waals surface area contributed by atoms with Crippen molar-refractivity contribution < 1.29 is 28.6 Å². The van der Waals surface area contributed by atoms with Crippen LogP contribution in [-0.4, -0.2) is 36.7 Å². The van der Waals surface area contributed by atoms with Gasteiger partial charge < -0.3 is 24.8 Å². The van der Waals surface area contributed by atoms with Gasteiger partial charge in [-0.3, -0.25) is 14.4 Å². The van der Waals surface area contributed by atoms with Gasteiger partial charge in [-0.2, -0.15) is 0 Å². The number of carbonyl (C=O) groups excluding carboxylic acids is 3. The Hall–Kier alpha value is -4.33. The second kappa shape index (κ2) is 10.1. The highest BCUT2D eigenvalue weighted by atomic mass is 16.7. The van der Waals surface area contributed by atoms with E-state index >= 15 is 0 Å². The van der Waals surface area contributed by atoms with Crippen LogP contribution < -0.4 is 20.1 Å². The Morgan fingerprint density at radius 2 is 1.53 bits per heavy atom. The van der Waals surface area contributed by atoms with Gasteiger partial charge >= 0.3 is 5.97 Å². The summed E-state index contributed by atoms with van der Waals surface area (Å²) in [6, 6.07) is 22.0. The van der Waals surface area contributed by atoms with E-state index < -0.39 is 30.2 Å². The first-order valence-electron chi connectivity index (χ1n) is 11.9. The lowest BCUT2D eigenvalue weighted by molar-refractivity contribution is -0.146. The highest BCUT2D eigenvalue weighted by Crippen LogP contribution is 2.47. The number of esters is 1. The molecule has 1 spiro atoms. The highest BCUT2D eigenvalue weighted by molar-refractivity contribution is 5.97. The standard InChI is InChI=1S/C28H26N2O6/c31-25(30-22-12-13-23-24(16-22)36-28(35-23)14-4-5-15-28)18-34-26(32)17-29-27(33)21-10-8-20(9-11-21)19-6-2-1-3-7-19/h1-3,6-13,16H,4-5,14-15,17-18H2,(H,29,33)(H,30,31). The van der Waals surface area contributed by atoms with Crippen molar-refractivity contribution in [3.63, 3.8) is 0 Å². The SMILES string of the molecule is O=C(COC(=O)CNC(=O)c1ccc(-c2ccccc2)cc1)Nc1ccc2c(c1)OC1(CCCC1)O2. The zero-order valence-corrected chi connectivity index (χ0v) is 19.6. The van der Waals surface area contributed by atoms with Crippen molar-refractivity contribution in [1.29, 1.82) is 0 Å². The maximum Gasteiger partial charge on any atom is 0.325 e. The molecule has 0 bridgehead atoms. The van der Waals surface area contributed by atoms with Crippen LogP contribution in [0.2, 0.25) is 0 Å². The summed E-state index contributed by atoms with van der Waals surface area (Å²) in [7, 11) is 0. The number of hydrogen-bond acceptors (Lipinski definition) is 6. The van der Waals surface area contributed by atoms with Gasteiger partial charge in [-0.1, -0.05) is 42.5 Å². The minimum absolute atomic E-state index is 0.349. The molecule has 3 aromatic rings. The number of benzene rings is 3. The van der Waals surface area contributed by atoms with E-state index in [1.165, 1.54) is 0 Å². The number of nitrogens with one attached hydrogen (secondary N) is 2. The molecular formula is C28H26N2O6. The van der Waals surface area contributed by atoms with Gasteiger partial charge in [-0.15, -0.1) is 0 Å².